The van der Waals surface area contributed by atoms with E-state index in [2.05, 4.69) is 5.32 Å². The van der Waals surface area contributed by atoms with E-state index >= 15 is 0 Å². The second kappa shape index (κ2) is 5.97. The topological polar surface area (TPSA) is 75.6 Å². The van der Waals surface area contributed by atoms with Crippen molar-refractivity contribution in [3.63, 3.8) is 0 Å². The number of thiophene rings is 1. The minimum Gasteiger partial charge on any atom is -0.481 e. The molecule has 0 bridgehead atoms. The molecule has 1 amide bonds. The number of carboxylic acid groups (broad SMARTS) is 1. The molecule has 6 heteroatoms. The third-order valence-electron chi connectivity index (χ3n) is 2.49. The monoisotopic (exact) mass is 271 g/mol. The smallest absolute Gasteiger partial charge is 0.305 e. The maximum atomic E-state index is 12.0. The summed E-state index contributed by atoms with van der Waals surface area (Å²) >= 11 is 1.34. The summed E-state index contributed by atoms with van der Waals surface area (Å²) in [5.74, 6) is -1.24. The Morgan fingerprint density at radius 2 is 2.22 bits per heavy atom. The zero-order chi connectivity index (χ0) is 13.8. The number of methoxy groups -OCH3 is 1. The van der Waals surface area contributed by atoms with Crippen LogP contribution in [0.25, 0.3) is 0 Å². The number of ether oxygens (including phenoxy) is 1. The number of nitrogens with one attached hydrogen (secondary N) is 1. The van der Waals surface area contributed by atoms with Crippen LogP contribution in [-0.2, 0) is 9.53 Å². The van der Waals surface area contributed by atoms with Crippen molar-refractivity contribution in [2.45, 2.75) is 25.8 Å². The molecule has 0 aromatic carbocycles. The summed E-state index contributed by atoms with van der Waals surface area (Å²) < 4.78 is 4.98. The van der Waals surface area contributed by atoms with Crippen molar-refractivity contribution in [1.82, 2.24) is 5.32 Å². The molecule has 0 fully saturated rings. The third-order valence-corrected chi connectivity index (χ3v) is 3.50. The van der Waals surface area contributed by atoms with Crippen LogP contribution in [0.1, 0.15) is 28.6 Å². The van der Waals surface area contributed by atoms with Crippen LogP contribution in [0.3, 0.4) is 0 Å². The van der Waals surface area contributed by atoms with Crippen LogP contribution in [0.5, 0.6) is 0 Å². The molecule has 18 heavy (non-hydrogen) atoms. The highest BCUT2D eigenvalue weighted by Gasteiger charge is 2.30. The first-order valence-electron chi connectivity index (χ1n) is 5.45. The molecule has 0 radical (unpaired) electrons. The molecule has 0 aliphatic rings. The van der Waals surface area contributed by atoms with Crippen molar-refractivity contribution >= 4 is 23.2 Å². The van der Waals surface area contributed by atoms with Crippen molar-refractivity contribution in [3.05, 3.63) is 21.9 Å². The van der Waals surface area contributed by atoms with Crippen molar-refractivity contribution in [2.24, 2.45) is 0 Å². The molecule has 0 spiro atoms. The highest BCUT2D eigenvalue weighted by molar-refractivity contribution is 7.12. The van der Waals surface area contributed by atoms with Gasteiger partial charge in [-0.3, -0.25) is 9.59 Å². The predicted molar refractivity (Wildman–Crippen MR) is 69.1 cm³/mol. The molecule has 2 N–H and O–H groups in total. The predicted octanol–water partition coefficient (Wildman–Crippen LogP) is 1.67. The van der Waals surface area contributed by atoms with E-state index in [0.29, 0.717) is 4.88 Å². The quantitative estimate of drug-likeness (QED) is 0.825. The summed E-state index contributed by atoms with van der Waals surface area (Å²) in [6, 6.07) is 1.85. The van der Waals surface area contributed by atoms with Crippen LogP contribution < -0.4 is 5.32 Å². The number of carbonyl (C=O) groups excluding carboxylic acids is 1. The minimum absolute atomic E-state index is 0.148. The summed E-state index contributed by atoms with van der Waals surface area (Å²) in [4.78, 5) is 23.5. The molecular formula is C12H17NO4S. The number of rotatable bonds is 6. The van der Waals surface area contributed by atoms with Gasteiger partial charge >= 0.3 is 5.97 Å². The van der Waals surface area contributed by atoms with Crippen LogP contribution in [0.15, 0.2) is 11.4 Å². The number of carboxylic acids is 1. The van der Waals surface area contributed by atoms with E-state index in [4.69, 9.17) is 9.84 Å². The van der Waals surface area contributed by atoms with E-state index in [0.717, 1.165) is 5.56 Å². The Bertz CT molecular complexity index is 443. The molecule has 1 unspecified atom stereocenters. The van der Waals surface area contributed by atoms with Gasteiger partial charge in [0.1, 0.15) is 0 Å². The van der Waals surface area contributed by atoms with Gasteiger partial charge in [0.15, 0.2) is 0 Å². The van der Waals surface area contributed by atoms with Crippen LogP contribution in [0, 0.1) is 6.92 Å². The molecule has 100 valence electrons. The number of hydrogen-bond acceptors (Lipinski definition) is 4. The number of carbonyl (C=O) groups is 2. The van der Waals surface area contributed by atoms with E-state index < -0.39 is 11.5 Å². The van der Waals surface area contributed by atoms with Crippen molar-refractivity contribution in [2.75, 3.05) is 13.7 Å². The molecule has 0 aliphatic heterocycles. The highest BCUT2D eigenvalue weighted by Crippen LogP contribution is 2.18. The van der Waals surface area contributed by atoms with Gasteiger partial charge in [-0.05, 0) is 30.9 Å². The average Bonchev–Trinajstić information content (AvgIpc) is 2.62. The Balaban J connectivity index is 2.81. The molecule has 1 aromatic heterocycles. The van der Waals surface area contributed by atoms with E-state index in [-0.39, 0.29) is 18.9 Å². The minimum atomic E-state index is -0.974. The lowest BCUT2D eigenvalue weighted by Crippen LogP contribution is -2.50. The number of aryl methyl sites for hydroxylation is 1. The fraction of sp³-hybridized carbons (Fsp3) is 0.500. The molecule has 0 aliphatic carbocycles. The molecule has 5 nitrogen and oxygen atoms in total. The average molecular weight is 271 g/mol. The van der Waals surface area contributed by atoms with Crippen molar-refractivity contribution < 1.29 is 19.4 Å². The maximum Gasteiger partial charge on any atom is 0.305 e. The molecule has 0 saturated carbocycles. The van der Waals surface area contributed by atoms with Gasteiger partial charge in [0.2, 0.25) is 0 Å². The van der Waals surface area contributed by atoms with E-state index in [1.54, 1.807) is 6.92 Å². The van der Waals surface area contributed by atoms with Gasteiger partial charge in [0.25, 0.3) is 5.91 Å². The zero-order valence-corrected chi connectivity index (χ0v) is 11.5. The molecule has 1 aromatic rings. The Morgan fingerprint density at radius 1 is 1.56 bits per heavy atom. The maximum absolute atomic E-state index is 12.0. The number of hydrogen-bond donors (Lipinski definition) is 2. The third kappa shape index (κ3) is 3.82. The SMILES string of the molecule is COCC(C)(CC(=O)O)NC(=O)c1sccc1C. The molecular weight excluding hydrogens is 254 g/mol. The second-order valence-electron chi connectivity index (χ2n) is 4.45. The Hall–Kier alpha value is -1.40. The summed E-state index contributed by atoms with van der Waals surface area (Å²) in [6.45, 7) is 3.65. The van der Waals surface area contributed by atoms with E-state index in [9.17, 15) is 9.59 Å². The van der Waals surface area contributed by atoms with Crippen LogP contribution in [0.4, 0.5) is 0 Å². The fourth-order valence-electron chi connectivity index (χ4n) is 1.72. The first-order chi connectivity index (χ1) is 8.38. The van der Waals surface area contributed by atoms with Gasteiger partial charge < -0.3 is 15.2 Å². The molecule has 1 heterocycles. The van der Waals surface area contributed by atoms with Gasteiger partial charge in [-0.15, -0.1) is 11.3 Å². The van der Waals surface area contributed by atoms with Gasteiger partial charge in [-0.25, -0.2) is 0 Å². The lowest BCUT2D eigenvalue weighted by atomic mass is 9.98. The summed E-state index contributed by atoms with van der Waals surface area (Å²) in [5, 5.41) is 13.4. The van der Waals surface area contributed by atoms with E-state index in [1.165, 1.54) is 18.4 Å². The first-order valence-corrected chi connectivity index (χ1v) is 6.33. The second-order valence-corrected chi connectivity index (χ2v) is 5.37. The normalized spacial score (nSPS) is 13.9. The summed E-state index contributed by atoms with van der Waals surface area (Å²) in [7, 11) is 1.47. The van der Waals surface area contributed by atoms with Gasteiger partial charge in [0, 0.05) is 7.11 Å². The Morgan fingerprint density at radius 3 is 2.67 bits per heavy atom. The zero-order valence-electron chi connectivity index (χ0n) is 10.6. The Labute approximate surface area is 110 Å². The highest BCUT2D eigenvalue weighted by atomic mass is 32.1. The fourth-order valence-corrected chi connectivity index (χ4v) is 2.54. The van der Waals surface area contributed by atoms with E-state index in [1.807, 2.05) is 18.4 Å². The van der Waals surface area contributed by atoms with Crippen LogP contribution in [-0.4, -0.2) is 36.2 Å². The molecule has 1 rings (SSSR count). The van der Waals surface area contributed by atoms with Gasteiger partial charge in [0.05, 0.1) is 23.4 Å². The summed E-state index contributed by atoms with van der Waals surface area (Å²) in [5.41, 5.74) is -0.0266. The lowest BCUT2D eigenvalue weighted by molar-refractivity contribution is -0.139. The standard InChI is InChI=1S/C12H17NO4S/c1-8-4-5-18-10(8)11(16)13-12(2,7-17-3)6-9(14)15/h4-5H,6-7H2,1-3H3,(H,13,16)(H,14,15). The van der Waals surface area contributed by atoms with Crippen molar-refractivity contribution in [1.29, 1.82) is 0 Å². The molecule has 1 atom stereocenters. The van der Waals surface area contributed by atoms with Gasteiger partial charge in [-0.1, -0.05) is 0 Å². The molecule has 0 saturated heterocycles. The number of amides is 1. The largest absolute Gasteiger partial charge is 0.481 e. The number of aliphatic carboxylic acids is 1. The lowest BCUT2D eigenvalue weighted by Gasteiger charge is -2.28. The van der Waals surface area contributed by atoms with Gasteiger partial charge in [-0.2, -0.15) is 0 Å². The Kier molecular flexibility index (Phi) is 4.86. The summed E-state index contributed by atoms with van der Waals surface area (Å²) in [6.07, 6.45) is -0.184. The first kappa shape index (κ1) is 14.7. The van der Waals surface area contributed by atoms with Crippen LogP contribution >= 0.6 is 11.3 Å². The van der Waals surface area contributed by atoms with Crippen molar-refractivity contribution in [3.8, 4) is 0 Å². The van der Waals surface area contributed by atoms with Crippen LogP contribution in [0.2, 0.25) is 0 Å².